The predicted octanol–water partition coefficient (Wildman–Crippen LogP) is 2.30. The first-order valence-corrected chi connectivity index (χ1v) is 10.5. The minimum absolute atomic E-state index is 0.0742. The second kappa shape index (κ2) is 8.94. The van der Waals surface area contributed by atoms with Crippen LogP contribution < -0.4 is 15.6 Å². The Morgan fingerprint density at radius 1 is 1.03 bits per heavy atom. The van der Waals surface area contributed by atoms with Crippen molar-refractivity contribution in [2.75, 3.05) is 17.9 Å². The molecule has 0 radical (unpaired) electrons. The molecule has 1 atom stereocenters. The molecule has 1 heterocycles. The van der Waals surface area contributed by atoms with Crippen molar-refractivity contribution in [3.8, 4) is 0 Å². The normalized spacial score (nSPS) is 16.5. The molecule has 31 heavy (non-hydrogen) atoms. The maximum absolute atomic E-state index is 12.8. The number of anilines is 1. The zero-order valence-electron chi connectivity index (χ0n) is 15.9. The first-order chi connectivity index (χ1) is 14.6. The number of benzene rings is 2. The standard InChI is InChI=1S/C19H18F3N3O5S/c20-19(21,22)14-4-2-5-15(10-14)25-31(28,29)16-6-1-3-12(9-16)17(26)23-24-18(27)13-7-8-30-11-13/h1-6,9-10,13,25H,7-8,11H2,(H,23,26)(H,24,27). The number of rotatable bonds is 5. The molecule has 3 rings (SSSR count). The molecule has 3 N–H and O–H groups in total. The Labute approximate surface area is 175 Å². The van der Waals surface area contributed by atoms with Gasteiger partial charge in [-0.05, 0) is 42.8 Å². The highest BCUT2D eigenvalue weighted by Gasteiger charge is 2.31. The minimum atomic E-state index is -4.63. The number of carbonyl (C=O) groups excluding carboxylic acids is 2. The van der Waals surface area contributed by atoms with E-state index in [2.05, 4.69) is 15.6 Å². The topological polar surface area (TPSA) is 114 Å². The molecule has 1 unspecified atom stereocenters. The Morgan fingerprint density at radius 2 is 1.77 bits per heavy atom. The largest absolute Gasteiger partial charge is 0.416 e. The van der Waals surface area contributed by atoms with Gasteiger partial charge in [-0.1, -0.05) is 12.1 Å². The van der Waals surface area contributed by atoms with Gasteiger partial charge in [0, 0.05) is 17.9 Å². The lowest BCUT2D eigenvalue weighted by molar-refractivity contribution is -0.137. The van der Waals surface area contributed by atoms with Crippen LogP contribution in [-0.2, 0) is 25.7 Å². The zero-order chi connectivity index (χ0) is 22.6. The molecule has 1 aliphatic rings. The zero-order valence-corrected chi connectivity index (χ0v) is 16.7. The van der Waals surface area contributed by atoms with Crippen molar-refractivity contribution in [3.63, 3.8) is 0 Å². The fraction of sp³-hybridized carbons (Fsp3) is 0.263. The number of hydrogen-bond donors (Lipinski definition) is 3. The summed E-state index contributed by atoms with van der Waals surface area (Å²) in [6.07, 6.45) is -4.11. The smallest absolute Gasteiger partial charge is 0.381 e. The summed E-state index contributed by atoms with van der Waals surface area (Å²) < 4.78 is 70.8. The Bertz CT molecular complexity index is 1080. The van der Waals surface area contributed by atoms with Gasteiger partial charge < -0.3 is 4.74 Å². The highest BCUT2D eigenvalue weighted by Crippen LogP contribution is 2.31. The lowest BCUT2D eigenvalue weighted by atomic mass is 10.1. The van der Waals surface area contributed by atoms with Gasteiger partial charge in [0.2, 0.25) is 5.91 Å². The van der Waals surface area contributed by atoms with Crippen molar-refractivity contribution in [2.45, 2.75) is 17.5 Å². The van der Waals surface area contributed by atoms with Crippen LogP contribution in [0, 0.1) is 5.92 Å². The average molecular weight is 457 g/mol. The van der Waals surface area contributed by atoms with Gasteiger partial charge in [0.1, 0.15) is 0 Å². The molecule has 2 amide bonds. The fourth-order valence-corrected chi connectivity index (χ4v) is 3.91. The van der Waals surface area contributed by atoms with E-state index in [9.17, 15) is 31.2 Å². The summed E-state index contributed by atoms with van der Waals surface area (Å²) in [4.78, 5) is 23.8. The minimum Gasteiger partial charge on any atom is -0.381 e. The fourth-order valence-electron chi connectivity index (χ4n) is 2.81. The number of carbonyl (C=O) groups is 2. The molecule has 2 aromatic carbocycles. The van der Waals surface area contributed by atoms with Gasteiger partial charge in [0.05, 0.1) is 23.0 Å². The van der Waals surface area contributed by atoms with Crippen molar-refractivity contribution < 1.29 is 35.9 Å². The van der Waals surface area contributed by atoms with Crippen molar-refractivity contribution in [1.82, 2.24) is 10.9 Å². The number of alkyl halides is 3. The third kappa shape index (κ3) is 5.73. The molecule has 2 aromatic rings. The summed E-state index contributed by atoms with van der Waals surface area (Å²) in [5, 5.41) is 0. The molecule has 8 nitrogen and oxygen atoms in total. The Kier molecular flexibility index (Phi) is 6.51. The van der Waals surface area contributed by atoms with Gasteiger partial charge in [-0.3, -0.25) is 25.2 Å². The van der Waals surface area contributed by atoms with Crippen LogP contribution >= 0.6 is 0 Å². The molecule has 1 aliphatic heterocycles. The number of nitrogens with one attached hydrogen (secondary N) is 3. The summed E-state index contributed by atoms with van der Waals surface area (Å²) in [5.74, 6) is -1.58. The number of halogens is 3. The highest BCUT2D eigenvalue weighted by molar-refractivity contribution is 7.92. The van der Waals surface area contributed by atoms with E-state index in [-0.39, 0.29) is 28.7 Å². The van der Waals surface area contributed by atoms with Crippen molar-refractivity contribution in [1.29, 1.82) is 0 Å². The molecular formula is C19H18F3N3O5S. The molecule has 1 saturated heterocycles. The van der Waals surface area contributed by atoms with Gasteiger partial charge in [0.15, 0.2) is 0 Å². The summed E-state index contributed by atoms with van der Waals surface area (Å²) in [6.45, 7) is 0.696. The number of ether oxygens (including phenoxy) is 1. The molecule has 1 fully saturated rings. The molecule has 0 bridgehead atoms. The van der Waals surface area contributed by atoms with Gasteiger partial charge in [0.25, 0.3) is 15.9 Å². The molecule has 0 saturated carbocycles. The number of hydrogen-bond acceptors (Lipinski definition) is 5. The predicted molar refractivity (Wildman–Crippen MR) is 103 cm³/mol. The second-order valence-electron chi connectivity index (χ2n) is 6.72. The number of hydrazine groups is 1. The Morgan fingerprint density at radius 3 is 2.45 bits per heavy atom. The van der Waals surface area contributed by atoms with Gasteiger partial charge in [-0.2, -0.15) is 13.2 Å². The van der Waals surface area contributed by atoms with Crippen LogP contribution in [0.4, 0.5) is 18.9 Å². The first kappa shape index (κ1) is 22.6. The van der Waals surface area contributed by atoms with Crippen molar-refractivity contribution >= 4 is 27.5 Å². The van der Waals surface area contributed by atoms with Crippen LogP contribution in [0.5, 0.6) is 0 Å². The highest BCUT2D eigenvalue weighted by atomic mass is 32.2. The molecular weight excluding hydrogens is 439 g/mol. The van der Waals surface area contributed by atoms with Crippen LogP contribution in [0.25, 0.3) is 0 Å². The van der Waals surface area contributed by atoms with Crippen LogP contribution in [0.1, 0.15) is 22.3 Å². The molecule has 12 heteroatoms. The van der Waals surface area contributed by atoms with E-state index in [0.29, 0.717) is 19.1 Å². The lowest BCUT2D eigenvalue weighted by Gasteiger charge is -2.13. The van der Waals surface area contributed by atoms with E-state index in [0.717, 1.165) is 18.2 Å². The van der Waals surface area contributed by atoms with E-state index in [1.54, 1.807) is 0 Å². The Balaban J connectivity index is 1.71. The molecule has 0 aromatic heterocycles. The average Bonchev–Trinajstić information content (AvgIpc) is 3.26. The van der Waals surface area contributed by atoms with Crippen LogP contribution in [0.15, 0.2) is 53.4 Å². The third-order valence-electron chi connectivity index (χ3n) is 4.45. The SMILES string of the molecule is O=C(NNC(=O)C1CCOC1)c1cccc(S(=O)(=O)Nc2cccc(C(F)(F)F)c2)c1. The second-order valence-corrected chi connectivity index (χ2v) is 8.40. The van der Waals surface area contributed by atoms with E-state index in [1.165, 1.54) is 24.3 Å². The first-order valence-electron chi connectivity index (χ1n) is 9.04. The monoisotopic (exact) mass is 457 g/mol. The quantitative estimate of drug-likeness (QED) is 0.597. The van der Waals surface area contributed by atoms with Gasteiger partial charge in [-0.15, -0.1) is 0 Å². The summed E-state index contributed by atoms with van der Waals surface area (Å²) >= 11 is 0. The van der Waals surface area contributed by atoms with E-state index in [4.69, 9.17) is 4.74 Å². The number of amides is 2. The van der Waals surface area contributed by atoms with E-state index < -0.39 is 33.6 Å². The Hall–Kier alpha value is -3.12. The van der Waals surface area contributed by atoms with Gasteiger partial charge >= 0.3 is 6.18 Å². The van der Waals surface area contributed by atoms with Crippen molar-refractivity contribution in [3.05, 3.63) is 59.7 Å². The summed E-state index contributed by atoms with van der Waals surface area (Å²) in [7, 11) is -4.28. The van der Waals surface area contributed by atoms with Crippen LogP contribution in [0.2, 0.25) is 0 Å². The van der Waals surface area contributed by atoms with Crippen LogP contribution in [-0.4, -0.2) is 33.4 Å². The van der Waals surface area contributed by atoms with Crippen LogP contribution in [0.3, 0.4) is 0 Å². The maximum atomic E-state index is 12.8. The van der Waals surface area contributed by atoms with E-state index in [1.807, 2.05) is 0 Å². The lowest BCUT2D eigenvalue weighted by Crippen LogP contribution is -2.44. The molecule has 0 spiro atoms. The van der Waals surface area contributed by atoms with Crippen molar-refractivity contribution in [2.24, 2.45) is 5.92 Å². The summed E-state index contributed by atoms with van der Waals surface area (Å²) in [5.41, 5.74) is 3.08. The van der Waals surface area contributed by atoms with E-state index >= 15 is 0 Å². The molecule has 0 aliphatic carbocycles. The van der Waals surface area contributed by atoms with Gasteiger partial charge in [-0.25, -0.2) is 8.42 Å². The number of sulfonamides is 1. The maximum Gasteiger partial charge on any atom is 0.416 e. The summed E-state index contributed by atoms with van der Waals surface area (Å²) in [6, 6.07) is 8.56. The molecule has 166 valence electrons. The third-order valence-corrected chi connectivity index (χ3v) is 5.83.